The summed E-state index contributed by atoms with van der Waals surface area (Å²) in [4.78, 5) is 25.2. The van der Waals surface area contributed by atoms with Crippen molar-refractivity contribution in [1.82, 2.24) is 0 Å². The fourth-order valence-electron chi connectivity index (χ4n) is 8.44. The van der Waals surface area contributed by atoms with E-state index in [-0.39, 0.29) is 34.8 Å². The lowest BCUT2D eigenvalue weighted by Gasteiger charge is -2.60. The van der Waals surface area contributed by atoms with Gasteiger partial charge in [-0.15, -0.1) is 0 Å². The standard InChI is InChI=1S/C24H30O5/c1-22-8-7-15(25)9-14(22)4-5-16-18(22)10-19(26)23(2)17(11-20-24(16,23)29-20)13-3-6-21(27)28-12-13/h3,6,12,14-18,20,25H,4-5,7-11H2,1-2H3/t14-,15+,16-,17-,18+,20-,22+,23+,24-/m1/s1. The van der Waals surface area contributed by atoms with E-state index in [0.717, 1.165) is 44.1 Å². The first-order chi connectivity index (χ1) is 13.8. The SMILES string of the molecule is C[C@]12CC[C@H](O)C[C@H]1CC[C@@H]1[C@@H]2CC(=O)[C@]2(C)[C@@H](c3ccc(=O)oc3)C[C@H]3O[C@]132. The van der Waals surface area contributed by atoms with Gasteiger partial charge in [-0.05, 0) is 80.2 Å². The number of aliphatic hydroxyl groups excluding tert-OH is 1. The molecule has 9 atom stereocenters. The Hall–Kier alpha value is -1.46. The molecule has 1 saturated heterocycles. The van der Waals surface area contributed by atoms with Crippen LogP contribution in [0.25, 0.3) is 0 Å². The summed E-state index contributed by atoms with van der Waals surface area (Å²) in [5.74, 6) is 1.65. The first-order valence-electron chi connectivity index (χ1n) is 11.3. The first-order valence-corrected chi connectivity index (χ1v) is 11.3. The lowest BCUT2D eigenvalue weighted by molar-refractivity contribution is -0.164. The molecule has 2 heterocycles. The van der Waals surface area contributed by atoms with E-state index < -0.39 is 5.41 Å². The molecule has 5 nitrogen and oxygen atoms in total. The maximum Gasteiger partial charge on any atom is 0.335 e. The third-order valence-corrected chi connectivity index (χ3v) is 10.0. The van der Waals surface area contributed by atoms with Crippen LogP contribution in [0.15, 0.2) is 27.6 Å². The minimum Gasteiger partial charge on any atom is -0.431 e. The van der Waals surface area contributed by atoms with Gasteiger partial charge in [0.2, 0.25) is 0 Å². The van der Waals surface area contributed by atoms with E-state index in [2.05, 4.69) is 13.8 Å². The van der Waals surface area contributed by atoms with Crippen LogP contribution in [0.4, 0.5) is 0 Å². The Morgan fingerprint density at radius 2 is 1.90 bits per heavy atom. The van der Waals surface area contributed by atoms with Crippen LogP contribution >= 0.6 is 0 Å². The van der Waals surface area contributed by atoms with Crippen LogP contribution in [-0.2, 0) is 9.53 Å². The van der Waals surface area contributed by atoms with Gasteiger partial charge >= 0.3 is 5.63 Å². The van der Waals surface area contributed by atoms with Crippen molar-refractivity contribution in [2.24, 2.45) is 28.6 Å². The molecule has 1 aromatic rings. The summed E-state index contributed by atoms with van der Waals surface area (Å²) in [5, 5.41) is 10.2. The van der Waals surface area contributed by atoms with Gasteiger partial charge in [0, 0.05) is 18.4 Å². The molecule has 5 fully saturated rings. The number of rotatable bonds is 1. The maximum absolute atomic E-state index is 13.8. The molecule has 29 heavy (non-hydrogen) atoms. The van der Waals surface area contributed by atoms with Crippen LogP contribution in [0, 0.1) is 28.6 Å². The molecule has 4 saturated carbocycles. The van der Waals surface area contributed by atoms with Crippen molar-refractivity contribution in [3.8, 4) is 0 Å². The molecular formula is C24H30O5. The number of hydrogen-bond donors (Lipinski definition) is 1. The Balaban J connectivity index is 1.40. The third-order valence-electron chi connectivity index (χ3n) is 10.0. The normalized spacial score (nSPS) is 52.9. The Labute approximate surface area is 170 Å². The number of epoxide rings is 1. The van der Waals surface area contributed by atoms with Gasteiger partial charge in [-0.3, -0.25) is 4.79 Å². The molecule has 0 unspecified atom stereocenters. The van der Waals surface area contributed by atoms with Crippen LogP contribution in [0.2, 0.25) is 0 Å². The number of Topliss-reactive ketones (excluding diaryl/α,β-unsaturated/α-hetero) is 1. The summed E-state index contributed by atoms with van der Waals surface area (Å²) in [6, 6.07) is 3.30. The number of hydrogen-bond acceptors (Lipinski definition) is 5. The van der Waals surface area contributed by atoms with E-state index in [1.165, 1.54) is 6.07 Å². The maximum atomic E-state index is 13.8. The van der Waals surface area contributed by atoms with Crippen molar-refractivity contribution in [3.63, 3.8) is 0 Å². The predicted molar refractivity (Wildman–Crippen MR) is 105 cm³/mol. The fraction of sp³-hybridized carbons (Fsp3) is 0.750. The first kappa shape index (κ1) is 18.3. The van der Waals surface area contributed by atoms with Crippen molar-refractivity contribution >= 4 is 5.78 Å². The Morgan fingerprint density at radius 3 is 2.66 bits per heavy atom. The van der Waals surface area contributed by atoms with Gasteiger partial charge in [0.15, 0.2) is 0 Å². The Kier molecular flexibility index (Phi) is 3.55. The fourth-order valence-corrected chi connectivity index (χ4v) is 8.44. The van der Waals surface area contributed by atoms with Crippen LogP contribution in [0.1, 0.15) is 70.3 Å². The zero-order chi connectivity index (χ0) is 20.2. The molecule has 1 aliphatic heterocycles. The van der Waals surface area contributed by atoms with Gasteiger partial charge in [-0.1, -0.05) is 6.92 Å². The molecular weight excluding hydrogens is 368 g/mol. The summed E-state index contributed by atoms with van der Waals surface area (Å²) in [7, 11) is 0. The number of fused-ring (bicyclic) bond motifs is 3. The average molecular weight is 398 g/mol. The minimum absolute atomic E-state index is 0.0535. The molecule has 0 bridgehead atoms. The molecule has 5 aliphatic rings. The van der Waals surface area contributed by atoms with Crippen molar-refractivity contribution in [2.75, 3.05) is 0 Å². The van der Waals surface area contributed by atoms with Crippen molar-refractivity contribution in [3.05, 3.63) is 34.4 Å². The van der Waals surface area contributed by atoms with E-state index in [1.807, 2.05) is 6.07 Å². The Bertz CT molecular complexity index is 917. The minimum atomic E-state index is -0.546. The molecule has 0 amide bonds. The van der Waals surface area contributed by atoms with E-state index >= 15 is 0 Å². The zero-order valence-electron chi connectivity index (χ0n) is 17.2. The summed E-state index contributed by atoms with van der Waals surface area (Å²) in [6.07, 6.45) is 7.92. The molecule has 0 aromatic carbocycles. The summed E-state index contributed by atoms with van der Waals surface area (Å²) in [5.41, 5.74) is -0.167. The second-order valence-corrected chi connectivity index (χ2v) is 10.8. The van der Waals surface area contributed by atoms with Crippen LogP contribution in [0.5, 0.6) is 0 Å². The molecule has 1 N–H and O–H groups in total. The second kappa shape index (κ2) is 5.61. The molecule has 156 valence electrons. The summed E-state index contributed by atoms with van der Waals surface area (Å²) >= 11 is 0. The van der Waals surface area contributed by atoms with Crippen molar-refractivity contribution < 1.29 is 19.1 Å². The molecule has 1 aromatic heterocycles. The van der Waals surface area contributed by atoms with Gasteiger partial charge in [0.1, 0.15) is 11.4 Å². The van der Waals surface area contributed by atoms with E-state index in [0.29, 0.717) is 30.0 Å². The molecule has 4 aliphatic carbocycles. The van der Waals surface area contributed by atoms with Crippen molar-refractivity contribution in [2.45, 2.75) is 82.5 Å². The summed E-state index contributed by atoms with van der Waals surface area (Å²) < 4.78 is 11.6. The highest BCUT2D eigenvalue weighted by atomic mass is 16.6. The van der Waals surface area contributed by atoms with Crippen molar-refractivity contribution in [1.29, 1.82) is 0 Å². The predicted octanol–water partition coefficient (Wildman–Crippen LogP) is 3.44. The quantitative estimate of drug-likeness (QED) is 0.733. The van der Waals surface area contributed by atoms with Crippen LogP contribution < -0.4 is 5.63 Å². The second-order valence-electron chi connectivity index (χ2n) is 10.8. The lowest BCUT2D eigenvalue weighted by atomic mass is 9.43. The van der Waals surface area contributed by atoms with Crippen LogP contribution in [-0.4, -0.2) is 28.7 Å². The van der Waals surface area contributed by atoms with Crippen LogP contribution in [0.3, 0.4) is 0 Å². The smallest absolute Gasteiger partial charge is 0.335 e. The highest BCUT2D eigenvalue weighted by Crippen LogP contribution is 2.76. The van der Waals surface area contributed by atoms with Gasteiger partial charge < -0.3 is 14.3 Å². The number of ketones is 1. The molecule has 5 heteroatoms. The lowest BCUT2D eigenvalue weighted by Crippen LogP contribution is -2.61. The van der Waals surface area contributed by atoms with E-state index in [1.54, 1.807) is 6.26 Å². The van der Waals surface area contributed by atoms with Gasteiger partial charge in [0.05, 0.1) is 23.9 Å². The summed E-state index contributed by atoms with van der Waals surface area (Å²) in [6.45, 7) is 4.50. The van der Waals surface area contributed by atoms with Gasteiger partial charge in [-0.25, -0.2) is 4.79 Å². The Morgan fingerprint density at radius 1 is 1.07 bits per heavy atom. The monoisotopic (exact) mass is 398 g/mol. The third kappa shape index (κ3) is 2.09. The largest absolute Gasteiger partial charge is 0.431 e. The highest BCUT2D eigenvalue weighted by Gasteiger charge is 2.83. The van der Waals surface area contributed by atoms with E-state index in [9.17, 15) is 14.7 Å². The molecule has 1 spiro atoms. The number of carbonyl (C=O) groups excluding carboxylic acids is 1. The van der Waals surface area contributed by atoms with Gasteiger partial charge in [0.25, 0.3) is 0 Å². The topological polar surface area (TPSA) is 80.0 Å². The zero-order valence-corrected chi connectivity index (χ0v) is 17.2. The molecule has 6 rings (SSSR count). The average Bonchev–Trinajstić information content (AvgIpc) is 3.35. The van der Waals surface area contributed by atoms with E-state index in [4.69, 9.17) is 9.15 Å². The number of aliphatic hydroxyl groups is 1. The highest BCUT2D eigenvalue weighted by molar-refractivity contribution is 5.90. The number of carbonyl (C=O) groups is 1. The van der Waals surface area contributed by atoms with Gasteiger partial charge in [-0.2, -0.15) is 0 Å². The number of ether oxygens (including phenoxy) is 1. The molecule has 0 radical (unpaired) electrons.